The van der Waals surface area contributed by atoms with Gasteiger partial charge in [0, 0.05) is 37.2 Å². The summed E-state index contributed by atoms with van der Waals surface area (Å²) in [6.07, 6.45) is 4.20. The zero-order valence-electron chi connectivity index (χ0n) is 13.4. The van der Waals surface area contributed by atoms with E-state index in [2.05, 4.69) is 16.0 Å². The minimum absolute atomic E-state index is 0.0939. The topological polar surface area (TPSA) is 87.3 Å². The average molecular weight is 317 g/mol. The van der Waals surface area contributed by atoms with E-state index in [9.17, 15) is 14.4 Å². The van der Waals surface area contributed by atoms with Gasteiger partial charge in [0.1, 0.15) is 0 Å². The van der Waals surface area contributed by atoms with Crippen molar-refractivity contribution in [2.24, 2.45) is 5.92 Å². The fourth-order valence-corrected chi connectivity index (χ4v) is 2.70. The Bertz CT molecular complexity index is 563. The molecule has 0 spiro atoms. The SMILES string of the molecule is CC(=O)Nc1ccc(C(=O)NCCNC(=O)C2CCCC2)cc1. The van der Waals surface area contributed by atoms with E-state index in [1.807, 2.05) is 0 Å². The van der Waals surface area contributed by atoms with E-state index in [0.717, 1.165) is 25.7 Å². The Morgan fingerprint density at radius 2 is 1.61 bits per heavy atom. The molecule has 0 heterocycles. The Labute approximate surface area is 136 Å². The van der Waals surface area contributed by atoms with Crippen LogP contribution in [0.4, 0.5) is 5.69 Å². The van der Waals surface area contributed by atoms with Gasteiger partial charge < -0.3 is 16.0 Å². The molecule has 0 atom stereocenters. The molecule has 0 aliphatic heterocycles. The molecule has 124 valence electrons. The van der Waals surface area contributed by atoms with Crippen LogP contribution in [0.3, 0.4) is 0 Å². The summed E-state index contributed by atoms with van der Waals surface area (Å²) in [5.41, 5.74) is 1.17. The maximum absolute atomic E-state index is 12.0. The summed E-state index contributed by atoms with van der Waals surface area (Å²) in [7, 11) is 0. The first-order valence-electron chi connectivity index (χ1n) is 8.00. The van der Waals surface area contributed by atoms with E-state index in [4.69, 9.17) is 0 Å². The summed E-state index contributed by atoms with van der Waals surface area (Å²) in [6.45, 7) is 2.26. The molecule has 3 N–H and O–H groups in total. The summed E-state index contributed by atoms with van der Waals surface area (Å²) < 4.78 is 0. The standard InChI is InChI=1S/C17H23N3O3/c1-12(21)20-15-8-6-14(7-9-15)17(23)19-11-10-18-16(22)13-4-2-3-5-13/h6-9,13H,2-5,10-11H2,1H3,(H,18,22)(H,19,23)(H,20,21). The quantitative estimate of drug-likeness (QED) is 0.698. The smallest absolute Gasteiger partial charge is 0.251 e. The molecule has 23 heavy (non-hydrogen) atoms. The molecule has 0 aromatic heterocycles. The van der Waals surface area contributed by atoms with Crippen molar-refractivity contribution in [1.29, 1.82) is 0 Å². The molecule has 0 saturated heterocycles. The predicted octanol–water partition coefficient (Wildman–Crippen LogP) is 1.68. The van der Waals surface area contributed by atoms with Crippen molar-refractivity contribution < 1.29 is 14.4 Å². The number of carbonyl (C=O) groups excluding carboxylic acids is 3. The molecule has 6 heteroatoms. The summed E-state index contributed by atoms with van der Waals surface area (Å²) in [6, 6.07) is 6.66. The van der Waals surface area contributed by atoms with E-state index in [1.54, 1.807) is 24.3 Å². The van der Waals surface area contributed by atoms with E-state index in [-0.39, 0.29) is 23.6 Å². The van der Waals surface area contributed by atoms with E-state index >= 15 is 0 Å². The second-order valence-electron chi connectivity index (χ2n) is 5.79. The summed E-state index contributed by atoms with van der Waals surface area (Å²) in [5.74, 6) is -0.113. The first-order valence-corrected chi connectivity index (χ1v) is 8.00. The third kappa shape index (κ3) is 5.39. The predicted molar refractivity (Wildman–Crippen MR) is 88.0 cm³/mol. The van der Waals surface area contributed by atoms with Crippen molar-refractivity contribution in [2.45, 2.75) is 32.6 Å². The van der Waals surface area contributed by atoms with E-state index in [1.165, 1.54) is 6.92 Å². The molecule has 1 aromatic rings. The van der Waals surface area contributed by atoms with Crippen LogP contribution < -0.4 is 16.0 Å². The molecule has 1 aliphatic carbocycles. The lowest BCUT2D eigenvalue weighted by atomic mass is 10.1. The second-order valence-corrected chi connectivity index (χ2v) is 5.79. The normalized spacial score (nSPS) is 14.3. The Morgan fingerprint density at radius 1 is 1.00 bits per heavy atom. The van der Waals surface area contributed by atoms with Gasteiger partial charge in [0.2, 0.25) is 11.8 Å². The number of nitrogens with one attached hydrogen (secondary N) is 3. The monoisotopic (exact) mass is 317 g/mol. The molecule has 1 aliphatic rings. The first kappa shape index (κ1) is 17.0. The zero-order chi connectivity index (χ0) is 16.7. The highest BCUT2D eigenvalue weighted by Gasteiger charge is 2.21. The molecule has 1 saturated carbocycles. The number of hydrogen-bond donors (Lipinski definition) is 3. The van der Waals surface area contributed by atoms with Gasteiger partial charge in [0.05, 0.1) is 0 Å². The fraction of sp³-hybridized carbons (Fsp3) is 0.471. The minimum Gasteiger partial charge on any atom is -0.354 e. The Hall–Kier alpha value is -2.37. The number of hydrogen-bond acceptors (Lipinski definition) is 3. The Kier molecular flexibility index (Phi) is 6.14. The highest BCUT2D eigenvalue weighted by molar-refractivity contribution is 5.95. The maximum atomic E-state index is 12.0. The number of rotatable bonds is 6. The van der Waals surface area contributed by atoms with Crippen LogP contribution in [0, 0.1) is 5.92 Å². The van der Waals surface area contributed by atoms with Crippen LogP contribution in [-0.2, 0) is 9.59 Å². The Morgan fingerprint density at radius 3 is 2.22 bits per heavy atom. The van der Waals surface area contributed by atoms with E-state index in [0.29, 0.717) is 24.3 Å². The lowest BCUT2D eigenvalue weighted by molar-refractivity contribution is -0.124. The molecule has 0 bridgehead atoms. The molecular weight excluding hydrogens is 294 g/mol. The van der Waals surface area contributed by atoms with Gasteiger partial charge in [-0.3, -0.25) is 14.4 Å². The van der Waals surface area contributed by atoms with Gasteiger partial charge in [0.15, 0.2) is 0 Å². The molecule has 2 rings (SSSR count). The van der Waals surface area contributed by atoms with Gasteiger partial charge >= 0.3 is 0 Å². The van der Waals surface area contributed by atoms with E-state index < -0.39 is 0 Å². The largest absolute Gasteiger partial charge is 0.354 e. The van der Waals surface area contributed by atoms with Gasteiger partial charge in [-0.25, -0.2) is 0 Å². The number of amides is 3. The maximum Gasteiger partial charge on any atom is 0.251 e. The number of carbonyl (C=O) groups is 3. The van der Waals surface area contributed by atoms with Crippen LogP contribution in [-0.4, -0.2) is 30.8 Å². The first-order chi connectivity index (χ1) is 11.1. The van der Waals surface area contributed by atoms with Crippen LogP contribution >= 0.6 is 0 Å². The van der Waals surface area contributed by atoms with Gasteiger partial charge in [-0.2, -0.15) is 0 Å². The van der Waals surface area contributed by atoms with Crippen molar-refractivity contribution in [1.82, 2.24) is 10.6 Å². The second kappa shape index (κ2) is 8.31. The third-order valence-electron chi connectivity index (χ3n) is 3.90. The molecular formula is C17H23N3O3. The van der Waals surface area contributed by atoms with Crippen LogP contribution in [0.25, 0.3) is 0 Å². The lowest BCUT2D eigenvalue weighted by Gasteiger charge is -2.11. The van der Waals surface area contributed by atoms with Crippen molar-refractivity contribution in [2.75, 3.05) is 18.4 Å². The zero-order valence-corrected chi connectivity index (χ0v) is 13.4. The third-order valence-corrected chi connectivity index (χ3v) is 3.90. The van der Waals surface area contributed by atoms with Gasteiger partial charge in [0.25, 0.3) is 5.91 Å². The average Bonchev–Trinajstić information content (AvgIpc) is 3.05. The molecule has 3 amide bonds. The molecule has 1 fully saturated rings. The minimum atomic E-state index is -0.200. The van der Waals surface area contributed by atoms with Crippen LogP contribution in [0.15, 0.2) is 24.3 Å². The fourth-order valence-electron chi connectivity index (χ4n) is 2.70. The van der Waals surface area contributed by atoms with Crippen molar-refractivity contribution in [3.05, 3.63) is 29.8 Å². The van der Waals surface area contributed by atoms with Crippen molar-refractivity contribution in [3.8, 4) is 0 Å². The van der Waals surface area contributed by atoms with Crippen molar-refractivity contribution >= 4 is 23.4 Å². The van der Waals surface area contributed by atoms with Gasteiger partial charge in [-0.15, -0.1) is 0 Å². The summed E-state index contributed by atoms with van der Waals surface area (Å²) in [5, 5.41) is 8.27. The molecule has 0 unspecified atom stereocenters. The summed E-state index contributed by atoms with van der Waals surface area (Å²) in [4.78, 5) is 34.7. The Balaban J connectivity index is 1.69. The van der Waals surface area contributed by atoms with Crippen molar-refractivity contribution in [3.63, 3.8) is 0 Å². The highest BCUT2D eigenvalue weighted by atomic mass is 16.2. The summed E-state index contributed by atoms with van der Waals surface area (Å²) >= 11 is 0. The van der Waals surface area contributed by atoms with Crippen LogP contribution in [0.5, 0.6) is 0 Å². The van der Waals surface area contributed by atoms with Gasteiger partial charge in [-0.1, -0.05) is 12.8 Å². The number of anilines is 1. The molecule has 1 aromatic carbocycles. The molecule has 6 nitrogen and oxygen atoms in total. The number of benzene rings is 1. The lowest BCUT2D eigenvalue weighted by Crippen LogP contribution is -2.37. The van der Waals surface area contributed by atoms with Crippen LogP contribution in [0.1, 0.15) is 43.0 Å². The van der Waals surface area contributed by atoms with Gasteiger partial charge in [-0.05, 0) is 37.1 Å². The molecule has 0 radical (unpaired) electrons. The highest BCUT2D eigenvalue weighted by Crippen LogP contribution is 2.24. The van der Waals surface area contributed by atoms with Crippen LogP contribution in [0.2, 0.25) is 0 Å².